The van der Waals surface area contributed by atoms with Gasteiger partial charge in [-0.05, 0) is 36.2 Å². The van der Waals surface area contributed by atoms with Crippen LogP contribution in [0.15, 0.2) is 42.5 Å². The predicted molar refractivity (Wildman–Crippen MR) is 106 cm³/mol. The van der Waals surface area contributed by atoms with E-state index in [1.165, 1.54) is 0 Å². The minimum Gasteiger partial charge on any atom is -0.495 e. The lowest BCUT2D eigenvalue weighted by Crippen LogP contribution is -2.15. The summed E-state index contributed by atoms with van der Waals surface area (Å²) in [5, 5.41) is 3.63. The SMILES string of the molecule is COc1ccc(Cl)cc1Nc1nc2ccccc2nc1C(=O)OCC(C)C. The quantitative estimate of drug-likeness (QED) is 0.611. The number of carbonyl (C=O) groups excluding carboxylic acids is 1. The molecule has 0 fully saturated rings. The van der Waals surface area contributed by atoms with Crippen molar-refractivity contribution in [3.63, 3.8) is 0 Å². The van der Waals surface area contributed by atoms with Gasteiger partial charge in [0, 0.05) is 5.02 Å². The Balaban J connectivity index is 2.05. The highest BCUT2D eigenvalue weighted by molar-refractivity contribution is 6.31. The number of esters is 1. The molecule has 1 heterocycles. The topological polar surface area (TPSA) is 73.3 Å². The van der Waals surface area contributed by atoms with E-state index in [1.54, 1.807) is 31.4 Å². The summed E-state index contributed by atoms with van der Waals surface area (Å²) < 4.78 is 10.7. The zero-order chi connectivity index (χ0) is 19.4. The van der Waals surface area contributed by atoms with Crippen molar-refractivity contribution in [3.8, 4) is 5.75 Å². The van der Waals surface area contributed by atoms with E-state index in [0.29, 0.717) is 34.1 Å². The molecule has 0 bridgehead atoms. The van der Waals surface area contributed by atoms with Crippen LogP contribution in [-0.2, 0) is 4.74 Å². The third-order valence-corrected chi connectivity index (χ3v) is 3.96. The molecule has 27 heavy (non-hydrogen) atoms. The number of nitrogens with one attached hydrogen (secondary N) is 1. The van der Waals surface area contributed by atoms with Crippen molar-refractivity contribution in [2.24, 2.45) is 5.92 Å². The first-order valence-corrected chi connectivity index (χ1v) is 8.90. The summed E-state index contributed by atoms with van der Waals surface area (Å²) >= 11 is 6.10. The van der Waals surface area contributed by atoms with Crippen LogP contribution in [-0.4, -0.2) is 29.7 Å². The molecule has 1 aromatic heterocycles. The molecule has 7 heteroatoms. The van der Waals surface area contributed by atoms with Gasteiger partial charge in [-0.25, -0.2) is 14.8 Å². The minimum absolute atomic E-state index is 0.108. The van der Waals surface area contributed by atoms with Crippen LogP contribution in [0, 0.1) is 5.92 Å². The third kappa shape index (κ3) is 4.46. The lowest BCUT2D eigenvalue weighted by atomic mass is 10.2. The number of halogens is 1. The molecule has 0 spiro atoms. The number of anilines is 2. The van der Waals surface area contributed by atoms with Crippen molar-refractivity contribution in [3.05, 3.63) is 53.2 Å². The molecule has 0 amide bonds. The Labute approximate surface area is 162 Å². The van der Waals surface area contributed by atoms with Gasteiger partial charge >= 0.3 is 5.97 Å². The predicted octanol–water partition coefficient (Wildman–Crippen LogP) is 4.85. The molecule has 3 rings (SSSR count). The molecule has 0 saturated heterocycles. The molecule has 140 valence electrons. The van der Waals surface area contributed by atoms with Crippen LogP contribution in [0.4, 0.5) is 11.5 Å². The summed E-state index contributed by atoms with van der Waals surface area (Å²) in [4.78, 5) is 21.6. The van der Waals surface area contributed by atoms with Crippen LogP contribution >= 0.6 is 11.6 Å². The Morgan fingerprint density at radius 1 is 1.15 bits per heavy atom. The number of aromatic nitrogens is 2. The number of methoxy groups -OCH3 is 1. The van der Waals surface area contributed by atoms with E-state index < -0.39 is 5.97 Å². The second-order valence-electron chi connectivity index (χ2n) is 6.37. The highest BCUT2D eigenvalue weighted by Crippen LogP contribution is 2.31. The number of fused-ring (bicyclic) bond motifs is 1. The van der Waals surface area contributed by atoms with Gasteiger partial charge in [0.1, 0.15) is 5.75 Å². The summed E-state index contributed by atoms with van der Waals surface area (Å²) in [6.45, 7) is 4.23. The molecule has 0 unspecified atom stereocenters. The minimum atomic E-state index is -0.537. The van der Waals surface area contributed by atoms with Gasteiger partial charge in [0.15, 0.2) is 11.5 Å². The molecule has 3 aromatic rings. The Morgan fingerprint density at radius 2 is 1.85 bits per heavy atom. The average molecular weight is 386 g/mol. The maximum atomic E-state index is 12.6. The normalized spacial score (nSPS) is 10.9. The molecular formula is C20H20ClN3O3. The summed E-state index contributed by atoms with van der Waals surface area (Å²) in [7, 11) is 1.55. The van der Waals surface area contributed by atoms with E-state index >= 15 is 0 Å². The Hall–Kier alpha value is -2.86. The van der Waals surface area contributed by atoms with Crippen molar-refractivity contribution in [2.75, 3.05) is 19.0 Å². The standard InChI is InChI=1S/C20H20ClN3O3/c1-12(2)11-27-20(25)18-19(23-15-7-5-4-6-14(15)22-18)24-16-10-13(21)8-9-17(16)26-3/h4-10,12H,11H2,1-3H3,(H,23,24). The molecule has 2 aromatic carbocycles. The lowest BCUT2D eigenvalue weighted by Gasteiger charge is -2.14. The Bertz CT molecular complexity index is 976. The van der Waals surface area contributed by atoms with E-state index in [0.717, 1.165) is 0 Å². The molecule has 0 saturated carbocycles. The summed E-state index contributed by atoms with van der Waals surface area (Å²) in [5.74, 6) is 0.524. The fourth-order valence-electron chi connectivity index (χ4n) is 2.45. The van der Waals surface area contributed by atoms with Gasteiger partial charge < -0.3 is 14.8 Å². The lowest BCUT2D eigenvalue weighted by molar-refractivity contribution is 0.0453. The van der Waals surface area contributed by atoms with Gasteiger partial charge in [0.25, 0.3) is 0 Å². The fraction of sp³-hybridized carbons (Fsp3) is 0.250. The molecule has 0 atom stereocenters. The number of nitrogens with zero attached hydrogens (tertiary/aromatic N) is 2. The summed E-state index contributed by atoms with van der Waals surface area (Å²) in [6, 6.07) is 12.5. The summed E-state index contributed by atoms with van der Waals surface area (Å²) in [6.07, 6.45) is 0. The van der Waals surface area contributed by atoms with E-state index in [9.17, 15) is 4.79 Å². The van der Waals surface area contributed by atoms with Crippen molar-refractivity contribution in [2.45, 2.75) is 13.8 Å². The van der Waals surface area contributed by atoms with Crippen molar-refractivity contribution in [1.82, 2.24) is 9.97 Å². The second-order valence-corrected chi connectivity index (χ2v) is 6.81. The molecule has 0 radical (unpaired) electrons. The molecular weight excluding hydrogens is 366 g/mol. The van der Waals surface area contributed by atoms with Crippen LogP contribution in [0.5, 0.6) is 5.75 Å². The largest absolute Gasteiger partial charge is 0.495 e. The Kier molecular flexibility index (Phi) is 5.76. The first kappa shape index (κ1) is 18.9. The zero-order valence-corrected chi connectivity index (χ0v) is 16.1. The fourth-order valence-corrected chi connectivity index (χ4v) is 2.62. The maximum Gasteiger partial charge on any atom is 0.360 e. The van der Waals surface area contributed by atoms with Gasteiger partial charge in [-0.15, -0.1) is 0 Å². The third-order valence-electron chi connectivity index (χ3n) is 3.73. The average Bonchev–Trinajstić information content (AvgIpc) is 2.65. The first-order chi connectivity index (χ1) is 13.0. The van der Waals surface area contributed by atoms with E-state index in [-0.39, 0.29) is 17.4 Å². The van der Waals surface area contributed by atoms with Crippen LogP contribution in [0.3, 0.4) is 0 Å². The second kappa shape index (κ2) is 8.22. The van der Waals surface area contributed by atoms with Crippen LogP contribution in [0.25, 0.3) is 11.0 Å². The number of hydrogen-bond acceptors (Lipinski definition) is 6. The van der Waals surface area contributed by atoms with E-state index in [1.807, 2.05) is 32.0 Å². The van der Waals surface area contributed by atoms with E-state index in [2.05, 4.69) is 15.3 Å². The molecule has 0 aliphatic rings. The highest BCUT2D eigenvalue weighted by atomic mass is 35.5. The number of ether oxygens (including phenoxy) is 2. The first-order valence-electron chi connectivity index (χ1n) is 8.52. The van der Waals surface area contributed by atoms with Gasteiger partial charge in [0.05, 0.1) is 30.4 Å². The van der Waals surface area contributed by atoms with Crippen LogP contribution in [0.1, 0.15) is 24.3 Å². The monoisotopic (exact) mass is 385 g/mol. The molecule has 1 N–H and O–H groups in total. The maximum absolute atomic E-state index is 12.6. The van der Waals surface area contributed by atoms with Gasteiger partial charge in [-0.1, -0.05) is 37.6 Å². The Morgan fingerprint density at radius 3 is 2.52 bits per heavy atom. The number of rotatable bonds is 6. The van der Waals surface area contributed by atoms with Crippen molar-refractivity contribution >= 4 is 40.1 Å². The van der Waals surface area contributed by atoms with Gasteiger partial charge in [-0.2, -0.15) is 0 Å². The smallest absolute Gasteiger partial charge is 0.360 e. The summed E-state index contributed by atoms with van der Waals surface area (Å²) in [5.41, 5.74) is 1.95. The van der Waals surface area contributed by atoms with Crippen molar-refractivity contribution < 1.29 is 14.3 Å². The van der Waals surface area contributed by atoms with Gasteiger partial charge in [-0.3, -0.25) is 0 Å². The molecule has 0 aliphatic carbocycles. The van der Waals surface area contributed by atoms with Crippen molar-refractivity contribution in [1.29, 1.82) is 0 Å². The highest BCUT2D eigenvalue weighted by Gasteiger charge is 2.20. The van der Waals surface area contributed by atoms with Gasteiger partial charge in [0.2, 0.25) is 0 Å². The van der Waals surface area contributed by atoms with Crippen LogP contribution in [0.2, 0.25) is 5.02 Å². The number of para-hydroxylation sites is 2. The molecule has 6 nitrogen and oxygen atoms in total. The number of hydrogen-bond donors (Lipinski definition) is 1. The molecule has 0 aliphatic heterocycles. The zero-order valence-electron chi connectivity index (χ0n) is 15.3. The number of carbonyl (C=O) groups is 1. The van der Waals surface area contributed by atoms with Crippen LogP contribution < -0.4 is 10.1 Å². The number of benzene rings is 2. The van der Waals surface area contributed by atoms with E-state index in [4.69, 9.17) is 21.1 Å².